The average molecular weight is 478 g/mol. The fraction of sp³-hybridized carbons (Fsp3) is 0.286. The normalized spacial score (nSPS) is 25.5. The zero-order valence-corrected chi connectivity index (χ0v) is 18.2. The number of carbonyl (C=O) groups excluding carboxylic acids is 1. The van der Waals surface area contributed by atoms with Crippen molar-refractivity contribution in [3.8, 4) is 0 Å². The van der Waals surface area contributed by atoms with Crippen LogP contribution in [0.1, 0.15) is 24.6 Å². The van der Waals surface area contributed by atoms with Crippen molar-refractivity contribution in [1.29, 1.82) is 0 Å². The minimum absolute atomic E-state index is 0.0835. The number of thioether (sulfide) groups is 1. The maximum atomic E-state index is 14.5. The van der Waals surface area contributed by atoms with Gasteiger partial charge in [0.2, 0.25) is 5.91 Å². The number of fused-ring (bicyclic) bond motifs is 1. The molecule has 29 heavy (non-hydrogen) atoms. The average Bonchev–Trinajstić information content (AvgIpc) is 3.46. The second-order valence-corrected chi connectivity index (χ2v) is 9.33. The number of pyridine rings is 1. The van der Waals surface area contributed by atoms with E-state index in [-0.39, 0.29) is 29.2 Å². The molecule has 1 saturated carbocycles. The van der Waals surface area contributed by atoms with Crippen LogP contribution in [0.25, 0.3) is 11.9 Å². The number of aliphatic imine (C=N–C) groups is 1. The highest BCUT2D eigenvalue weighted by Crippen LogP contribution is 2.59. The summed E-state index contributed by atoms with van der Waals surface area (Å²) < 4.78 is 29.2. The SMILES string of the molecule is CC1N=CSC2(C(=O)N(C)c3cc(/C=C(\F)c4ccc(Br)cn4)ccc3F)CC12. The number of nitrogens with zero attached hydrogens (tertiary/aromatic N) is 3. The molecule has 0 bridgehead atoms. The van der Waals surface area contributed by atoms with Crippen LogP contribution in [-0.4, -0.2) is 34.3 Å². The molecule has 0 saturated heterocycles. The topological polar surface area (TPSA) is 45.6 Å². The smallest absolute Gasteiger partial charge is 0.243 e. The quantitative estimate of drug-likeness (QED) is 0.597. The van der Waals surface area contributed by atoms with Gasteiger partial charge in [-0.15, -0.1) is 0 Å². The van der Waals surface area contributed by atoms with Gasteiger partial charge in [0.15, 0.2) is 0 Å². The molecule has 3 unspecified atom stereocenters. The molecule has 1 amide bonds. The van der Waals surface area contributed by atoms with Crippen LogP contribution in [-0.2, 0) is 4.79 Å². The predicted molar refractivity (Wildman–Crippen MR) is 117 cm³/mol. The summed E-state index contributed by atoms with van der Waals surface area (Å²) >= 11 is 4.66. The van der Waals surface area contributed by atoms with Gasteiger partial charge in [0.1, 0.15) is 16.4 Å². The van der Waals surface area contributed by atoms with E-state index in [1.165, 1.54) is 47.1 Å². The highest BCUT2D eigenvalue weighted by molar-refractivity contribution is 9.10. The summed E-state index contributed by atoms with van der Waals surface area (Å²) in [6, 6.07) is 7.51. The Kier molecular flexibility index (Phi) is 5.33. The minimum Gasteiger partial charge on any atom is -0.312 e. The van der Waals surface area contributed by atoms with Crippen LogP contribution in [0.15, 0.2) is 46.0 Å². The molecular formula is C21H18BrF2N3OS. The molecule has 1 aliphatic carbocycles. The molecule has 2 heterocycles. The number of halogens is 3. The maximum Gasteiger partial charge on any atom is 0.243 e. The zero-order chi connectivity index (χ0) is 20.8. The summed E-state index contributed by atoms with van der Waals surface area (Å²) in [6.07, 6.45) is 3.51. The van der Waals surface area contributed by atoms with Crippen molar-refractivity contribution in [3.05, 3.63) is 58.1 Å². The minimum atomic E-state index is -0.569. The van der Waals surface area contributed by atoms with E-state index in [0.717, 1.165) is 10.9 Å². The van der Waals surface area contributed by atoms with Gasteiger partial charge in [0.05, 0.1) is 23.0 Å². The van der Waals surface area contributed by atoms with Gasteiger partial charge in [0.25, 0.3) is 0 Å². The monoisotopic (exact) mass is 477 g/mol. The van der Waals surface area contributed by atoms with Crippen molar-refractivity contribution in [2.75, 3.05) is 11.9 Å². The number of hydrogen-bond acceptors (Lipinski definition) is 4. The van der Waals surface area contributed by atoms with Gasteiger partial charge in [-0.1, -0.05) is 17.8 Å². The summed E-state index contributed by atoms with van der Waals surface area (Å²) in [6.45, 7) is 1.99. The Morgan fingerprint density at radius 3 is 2.90 bits per heavy atom. The zero-order valence-electron chi connectivity index (χ0n) is 15.8. The predicted octanol–water partition coefficient (Wildman–Crippen LogP) is 5.34. The third kappa shape index (κ3) is 3.75. The van der Waals surface area contributed by atoms with E-state index in [2.05, 4.69) is 25.9 Å². The lowest BCUT2D eigenvalue weighted by Gasteiger charge is -2.26. The molecule has 1 aromatic carbocycles. The Morgan fingerprint density at radius 2 is 2.17 bits per heavy atom. The second kappa shape index (κ2) is 7.65. The van der Waals surface area contributed by atoms with Crippen molar-refractivity contribution in [2.45, 2.75) is 24.1 Å². The first kappa shape index (κ1) is 20.2. The summed E-state index contributed by atoms with van der Waals surface area (Å²) in [7, 11) is 1.56. The van der Waals surface area contributed by atoms with Gasteiger partial charge >= 0.3 is 0 Å². The number of benzene rings is 1. The fourth-order valence-corrected chi connectivity index (χ4v) is 5.15. The molecule has 1 fully saturated rings. The van der Waals surface area contributed by atoms with Crippen molar-refractivity contribution < 1.29 is 13.6 Å². The first-order valence-electron chi connectivity index (χ1n) is 9.08. The second-order valence-electron chi connectivity index (χ2n) is 7.24. The van der Waals surface area contributed by atoms with Gasteiger partial charge in [-0.25, -0.2) is 8.78 Å². The van der Waals surface area contributed by atoms with E-state index in [1.807, 2.05) is 6.92 Å². The summed E-state index contributed by atoms with van der Waals surface area (Å²) in [4.78, 5) is 22.8. The molecule has 2 aliphatic rings. The Hall–Kier alpha value is -2.06. The van der Waals surface area contributed by atoms with E-state index in [9.17, 15) is 13.6 Å². The molecule has 4 rings (SSSR count). The lowest BCUT2D eigenvalue weighted by Crippen LogP contribution is -2.40. The molecule has 2 aromatic rings. The third-order valence-corrected chi connectivity index (χ3v) is 7.13. The number of aromatic nitrogens is 1. The number of rotatable bonds is 4. The summed E-state index contributed by atoms with van der Waals surface area (Å²) in [5.41, 5.74) is 2.46. The number of anilines is 1. The van der Waals surface area contributed by atoms with Crippen LogP contribution in [0, 0.1) is 11.7 Å². The molecule has 1 aliphatic heterocycles. The van der Waals surface area contributed by atoms with Crippen LogP contribution in [0.4, 0.5) is 14.5 Å². The van der Waals surface area contributed by atoms with E-state index in [0.29, 0.717) is 5.56 Å². The number of hydrogen-bond donors (Lipinski definition) is 0. The van der Waals surface area contributed by atoms with Crippen molar-refractivity contribution in [2.24, 2.45) is 10.9 Å². The molecule has 4 nitrogen and oxygen atoms in total. The highest BCUT2D eigenvalue weighted by atomic mass is 79.9. The van der Waals surface area contributed by atoms with Gasteiger partial charge in [-0.05, 0) is 65.2 Å². The Labute approximate surface area is 180 Å². The van der Waals surface area contributed by atoms with Crippen molar-refractivity contribution in [1.82, 2.24) is 4.98 Å². The van der Waals surface area contributed by atoms with E-state index in [1.54, 1.807) is 24.7 Å². The van der Waals surface area contributed by atoms with Gasteiger partial charge in [-0.2, -0.15) is 0 Å². The highest BCUT2D eigenvalue weighted by Gasteiger charge is 2.64. The number of carbonyl (C=O) groups is 1. The Bertz CT molecular complexity index is 1030. The lowest BCUT2D eigenvalue weighted by atomic mass is 10.1. The molecule has 0 N–H and O–H groups in total. The Morgan fingerprint density at radius 1 is 1.38 bits per heavy atom. The molecule has 3 atom stereocenters. The lowest BCUT2D eigenvalue weighted by molar-refractivity contribution is -0.118. The Balaban J connectivity index is 1.60. The molecule has 1 aromatic heterocycles. The van der Waals surface area contributed by atoms with E-state index in [4.69, 9.17) is 0 Å². The van der Waals surface area contributed by atoms with Crippen LogP contribution in [0.3, 0.4) is 0 Å². The summed E-state index contributed by atoms with van der Waals surface area (Å²) in [5.74, 6) is -1.06. The first-order valence-corrected chi connectivity index (χ1v) is 10.8. The maximum absolute atomic E-state index is 14.5. The largest absolute Gasteiger partial charge is 0.312 e. The van der Waals surface area contributed by atoms with Crippen LogP contribution in [0.5, 0.6) is 0 Å². The first-order chi connectivity index (χ1) is 13.8. The van der Waals surface area contributed by atoms with Crippen LogP contribution < -0.4 is 4.90 Å². The van der Waals surface area contributed by atoms with Crippen molar-refractivity contribution in [3.63, 3.8) is 0 Å². The molecule has 0 spiro atoms. The van der Waals surface area contributed by atoms with Crippen LogP contribution >= 0.6 is 27.7 Å². The van der Waals surface area contributed by atoms with Crippen LogP contribution in [0.2, 0.25) is 0 Å². The van der Waals surface area contributed by atoms with E-state index < -0.39 is 16.4 Å². The molecular weight excluding hydrogens is 460 g/mol. The van der Waals surface area contributed by atoms with Gasteiger partial charge in [0, 0.05) is 23.6 Å². The standard InChI is InChI=1S/C21H18BrF2N3OS/c1-12-15-9-21(15,29-11-26-12)20(28)27(2)19-8-13(3-5-16(19)23)7-17(24)18-6-4-14(22)10-25-18/h3-8,10-12,15H,9H2,1-2H3/b17-7-. The van der Waals surface area contributed by atoms with Gasteiger partial charge in [-0.3, -0.25) is 14.8 Å². The third-order valence-electron chi connectivity index (χ3n) is 5.37. The number of amides is 1. The molecule has 8 heteroatoms. The van der Waals surface area contributed by atoms with Gasteiger partial charge < -0.3 is 4.90 Å². The molecule has 150 valence electrons. The fourth-order valence-electron chi connectivity index (χ4n) is 3.59. The van der Waals surface area contributed by atoms with E-state index >= 15 is 0 Å². The molecule has 0 radical (unpaired) electrons. The van der Waals surface area contributed by atoms with Crippen molar-refractivity contribution >= 4 is 56.7 Å². The summed E-state index contributed by atoms with van der Waals surface area (Å²) in [5, 5.41) is 0.